The Kier molecular flexibility index (Phi) is 4.94. The highest BCUT2D eigenvalue weighted by molar-refractivity contribution is 5.92. The van der Waals surface area contributed by atoms with E-state index in [0.717, 1.165) is 37.4 Å². The number of halogens is 1. The Balaban J connectivity index is 1.44. The summed E-state index contributed by atoms with van der Waals surface area (Å²) in [6.07, 6.45) is 0. The van der Waals surface area contributed by atoms with Crippen LogP contribution in [0.15, 0.2) is 30.3 Å². The van der Waals surface area contributed by atoms with Gasteiger partial charge in [-0.25, -0.2) is 9.82 Å². The third-order valence-corrected chi connectivity index (χ3v) is 5.39. The van der Waals surface area contributed by atoms with E-state index in [1.165, 1.54) is 12.1 Å². The van der Waals surface area contributed by atoms with E-state index in [1.807, 2.05) is 17.8 Å². The lowest BCUT2D eigenvalue weighted by Gasteiger charge is -2.24. The SMILES string of the molecule is CN1CCn2nc(C(=O)N(C)CC3CNNC3c3ccc(F)cc3)cc2C1. The van der Waals surface area contributed by atoms with Crippen LogP contribution in [0.4, 0.5) is 4.39 Å². The standard InChI is InChI=1S/C19H25FN6O/c1-24-7-8-26-16(12-24)9-17(23-26)19(27)25(2)11-14-10-21-22-18(14)13-3-5-15(20)6-4-13/h3-6,9,14,18,21-22H,7-8,10-12H2,1-2H3. The molecule has 27 heavy (non-hydrogen) atoms. The van der Waals surface area contributed by atoms with Gasteiger partial charge in [0.15, 0.2) is 5.69 Å². The van der Waals surface area contributed by atoms with Crippen LogP contribution in [0.3, 0.4) is 0 Å². The second-order valence-corrected chi connectivity index (χ2v) is 7.48. The maximum atomic E-state index is 13.2. The van der Waals surface area contributed by atoms with E-state index >= 15 is 0 Å². The minimum absolute atomic E-state index is 0.0321. The van der Waals surface area contributed by atoms with Crippen LogP contribution >= 0.6 is 0 Å². The molecule has 0 spiro atoms. The highest BCUT2D eigenvalue weighted by Gasteiger charge is 2.31. The number of hydrazine groups is 1. The van der Waals surface area contributed by atoms with Crippen LogP contribution in [-0.4, -0.2) is 59.2 Å². The van der Waals surface area contributed by atoms with Crippen molar-refractivity contribution in [2.75, 3.05) is 33.7 Å². The Morgan fingerprint density at radius 3 is 2.89 bits per heavy atom. The van der Waals surface area contributed by atoms with Gasteiger partial charge >= 0.3 is 0 Å². The average Bonchev–Trinajstić information content (AvgIpc) is 3.28. The van der Waals surface area contributed by atoms with Gasteiger partial charge < -0.3 is 4.90 Å². The second-order valence-electron chi connectivity index (χ2n) is 7.48. The normalized spacial score (nSPS) is 22.6. The van der Waals surface area contributed by atoms with Crippen LogP contribution in [0, 0.1) is 11.7 Å². The van der Waals surface area contributed by atoms with Gasteiger partial charge in [0.05, 0.1) is 18.3 Å². The second kappa shape index (κ2) is 7.38. The molecule has 8 heteroatoms. The first-order valence-corrected chi connectivity index (χ1v) is 9.26. The van der Waals surface area contributed by atoms with E-state index in [2.05, 4.69) is 27.9 Å². The molecule has 1 aromatic heterocycles. The monoisotopic (exact) mass is 372 g/mol. The van der Waals surface area contributed by atoms with E-state index in [9.17, 15) is 9.18 Å². The van der Waals surface area contributed by atoms with Gasteiger partial charge in [-0.05, 0) is 30.8 Å². The van der Waals surface area contributed by atoms with Gasteiger partial charge in [-0.15, -0.1) is 0 Å². The van der Waals surface area contributed by atoms with Crippen LogP contribution < -0.4 is 10.9 Å². The number of carbonyl (C=O) groups is 1. The van der Waals surface area contributed by atoms with Gasteiger partial charge in [-0.2, -0.15) is 5.10 Å². The van der Waals surface area contributed by atoms with Crippen molar-refractivity contribution in [2.45, 2.75) is 19.1 Å². The molecule has 0 bridgehead atoms. The summed E-state index contributed by atoms with van der Waals surface area (Å²) in [5.74, 6) is -0.125. The summed E-state index contributed by atoms with van der Waals surface area (Å²) in [6.45, 7) is 3.89. The first-order chi connectivity index (χ1) is 13.0. The zero-order chi connectivity index (χ0) is 19.0. The van der Waals surface area contributed by atoms with E-state index in [0.29, 0.717) is 12.2 Å². The number of nitrogens with zero attached hydrogens (tertiary/aromatic N) is 4. The zero-order valence-electron chi connectivity index (χ0n) is 15.7. The number of fused-ring (bicyclic) bond motifs is 1. The molecule has 0 saturated carbocycles. The number of hydrogen-bond acceptors (Lipinski definition) is 5. The van der Waals surface area contributed by atoms with Crippen LogP contribution in [-0.2, 0) is 13.1 Å². The topological polar surface area (TPSA) is 65.4 Å². The fraction of sp³-hybridized carbons (Fsp3) is 0.474. The molecule has 0 radical (unpaired) electrons. The van der Waals surface area contributed by atoms with Crippen molar-refractivity contribution >= 4 is 5.91 Å². The summed E-state index contributed by atoms with van der Waals surface area (Å²) in [5.41, 5.74) is 8.98. The summed E-state index contributed by atoms with van der Waals surface area (Å²) >= 11 is 0. The highest BCUT2D eigenvalue weighted by atomic mass is 19.1. The smallest absolute Gasteiger partial charge is 0.274 e. The van der Waals surface area contributed by atoms with Crippen LogP contribution in [0.5, 0.6) is 0 Å². The van der Waals surface area contributed by atoms with Gasteiger partial charge in [0, 0.05) is 39.1 Å². The molecule has 1 amide bonds. The van der Waals surface area contributed by atoms with Gasteiger partial charge in [0.25, 0.3) is 5.91 Å². The molecule has 2 unspecified atom stereocenters. The molecule has 1 fully saturated rings. The summed E-state index contributed by atoms with van der Waals surface area (Å²) < 4.78 is 15.1. The van der Waals surface area contributed by atoms with Crippen molar-refractivity contribution in [2.24, 2.45) is 5.92 Å². The summed E-state index contributed by atoms with van der Waals surface area (Å²) in [4.78, 5) is 16.8. The van der Waals surface area contributed by atoms with Gasteiger partial charge in [-0.1, -0.05) is 12.1 Å². The molecule has 144 valence electrons. The van der Waals surface area contributed by atoms with Crippen LogP contribution in [0.2, 0.25) is 0 Å². The fourth-order valence-corrected chi connectivity index (χ4v) is 3.86. The van der Waals surface area contributed by atoms with E-state index in [-0.39, 0.29) is 23.7 Å². The van der Waals surface area contributed by atoms with Crippen LogP contribution in [0.25, 0.3) is 0 Å². The van der Waals surface area contributed by atoms with Gasteiger partial charge in [0.2, 0.25) is 0 Å². The maximum Gasteiger partial charge on any atom is 0.274 e. The van der Waals surface area contributed by atoms with Crippen molar-refractivity contribution < 1.29 is 9.18 Å². The molecule has 1 aromatic carbocycles. The average molecular weight is 372 g/mol. The van der Waals surface area contributed by atoms with E-state index < -0.39 is 0 Å². The van der Waals surface area contributed by atoms with Crippen molar-refractivity contribution in [3.05, 3.63) is 53.1 Å². The summed E-state index contributed by atoms with van der Waals surface area (Å²) in [6, 6.07) is 8.44. The Hall–Kier alpha value is -2.29. The molecule has 2 aliphatic heterocycles. The van der Waals surface area contributed by atoms with E-state index in [1.54, 1.807) is 17.0 Å². The third kappa shape index (κ3) is 3.73. The number of benzene rings is 1. The van der Waals surface area contributed by atoms with Crippen LogP contribution in [0.1, 0.15) is 27.8 Å². The van der Waals surface area contributed by atoms with E-state index in [4.69, 9.17) is 0 Å². The fourth-order valence-electron chi connectivity index (χ4n) is 3.86. The molecular weight excluding hydrogens is 347 g/mol. The molecule has 0 aliphatic carbocycles. The van der Waals surface area contributed by atoms with Gasteiger partial charge in [0.1, 0.15) is 5.82 Å². The maximum absolute atomic E-state index is 13.2. The molecule has 1 saturated heterocycles. The minimum atomic E-state index is -0.247. The van der Waals surface area contributed by atoms with Gasteiger partial charge in [-0.3, -0.25) is 19.8 Å². The molecule has 2 N–H and O–H groups in total. The zero-order valence-corrected chi connectivity index (χ0v) is 15.7. The quantitative estimate of drug-likeness (QED) is 0.839. The first kappa shape index (κ1) is 18.1. The lowest BCUT2D eigenvalue weighted by Crippen LogP contribution is -2.35. The molecule has 2 aliphatic rings. The Morgan fingerprint density at radius 1 is 1.33 bits per heavy atom. The molecule has 7 nitrogen and oxygen atoms in total. The number of likely N-dealkylation sites (N-methyl/N-ethyl adjacent to an activating group) is 1. The Labute approximate surface area is 158 Å². The molecular formula is C19H25FN6O. The number of carbonyl (C=O) groups excluding carboxylic acids is 1. The Bertz CT molecular complexity index is 820. The third-order valence-electron chi connectivity index (χ3n) is 5.39. The number of rotatable bonds is 4. The summed E-state index contributed by atoms with van der Waals surface area (Å²) in [7, 11) is 3.88. The van der Waals surface area contributed by atoms with Crippen molar-refractivity contribution in [1.82, 2.24) is 30.4 Å². The van der Waals surface area contributed by atoms with Crippen molar-refractivity contribution in [3.63, 3.8) is 0 Å². The largest absolute Gasteiger partial charge is 0.340 e. The predicted octanol–water partition coefficient (Wildman–Crippen LogP) is 1.00. The Morgan fingerprint density at radius 2 is 2.11 bits per heavy atom. The number of aromatic nitrogens is 2. The number of amides is 1. The molecule has 4 rings (SSSR count). The molecule has 2 atom stereocenters. The summed E-state index contributed by atoms with van der Waals surface area (Å²) in [5, 5.41) is 4.49. The lowest BCUT2D eigenvalue weighted by atomic mass is 9.94. The molecule has 2 aromatic rings. The predicted molar refractivity (Wildman–Crippen MR) is 99.3 cm³/mol. The number of nitrogens with one attached hydrogen (secondary N) is 2. The minimum Gasteiger partial charge on any atom is -0.340 e. The number of hydrogen-bond donors (Lipinski definition) is 2. The molecule has 3 heterocycles. The first-order valence-electron chi connectivity index (χ1n) is 9.26. The highest BCUT2D eigenvalue weighted by Crippen LogP contribution is 2.26. The van der Waals surface area contributed by atoms with Crippen molar-refractivity contribution in [1.29, 1.82) is 0 Å². The van der Waals surface area contributed by atoms with Crippen molar-refractivity contribution in [3.8, 4) is 0 Å². The lowest BCUT2D eigenvalue weighted by molar-refractivity contribution is 0.0764.